The Morgan fingerprint density at radius 3 is 2.69 bits per heavy atom. The van der Waals surface area contributed by atoms with Gasteiger partial charge in [0.05, 0.1) is 18.5 Å². The van der Waals surface area contributed by atoms with Crippen molar-refractivity contribution in [3.05, 3.63) is 17.0 Å². The maximum absolute atomic E-state index is 11.6. The maximum Gasteiger partial charge on any atom is 0.341 e. The van der Waals surface area contributed by atoms with Gasteiger partial charge in [-0.2, -0.15) is 5.10 Å². The van der Waals surface area contributed by atoms with Gasteiger partial charge >= 0.3 is 5.97 Å². The van der Waals surface area contributed by atoms with Crippen LogP contribution in [-0.4, -0.2) is 22.9 Å². The summed E-state index contributed by atoms with van der Waals surface area (Å²) in [5.41, 5.74) is 2.32. The molecule has 1 saturated carbocycles. The molecule has 16 heavy (non-hydrogen) atoms. The largest absolute Gasteiger partial charge is 0.465 e. The van der Waals surface area contributed by atoms with Gasteiger partial charge in [0.25, 0.3) is 0 Å². The number of ether oxygens (including phenoxy) is 1. The lowest BCUT2D eigenvalue weighted by atomic mass is 9.85. The highest BCUT2D eigenvalue weighted by Gasteiger charge is 2.23. The topological polar surface area (TPSA) is 44.1 Å². The summed E-state index contributed by atoms with van der Waals surface area (Å²) in [7, 11) is 1.41. The first-order valence-corrected chi connectivity index (χ1v) is 5.75. The summed E-state index contributed by atoms with van der Waals surface area (Å²) in [5.74, 6) is 0.457. The van der Waals surface area contributed by atoms with Crippen LogP contribution in [0.15, 0.2) is 0 Å². The Bertz CT molecular complexity index is 405. The molecule has 0 amide bonds. The Hall–Kier alpha value is -1.32. The van der Waals surface area contributed by atoms with Gasteiger partial charge in [0.2, 0.25) is 0 Å². The third-order valence-electron chi connectivity index (χ3n) is 3.43. The third kappa shape index (κ3) is 1.84. The zero-order chi connectivity index (χ0) is 11.7. The number of esters is 1. The van der Waals surface area contributed by atoms with E-state index in [0.717, 1.165) is 23.9 Å². The van der Waals surface area contributed by atoms with Crippen molar-refractivity contribution in [2.24, 2.45) is 5.92 Å². The fourth-order valence-corrected chi connectivity index (χ4v) is 2.19. The predicted molar refractivity (Wildman–Crippen MR) is 60.4 cm³/mol. The molecule has 0 unspecified atom stereocenters. The molecular weight excluding hydrogens is 204 g/mol. The van der Waals surface area contributed by atoms with Gasteiger partial charge in [-0.05, 0) is 32.6 Å². The smallest absolute Gasteiger partial charge is 0.341 e. The van der Waals surface area contributed by atoms with E-state index in [2.05, 4.69) is 5.10 Å². The number of hydrogen-bond acceptors (Lipinski definition) is 3. The minimum Gasteiger partial charge on any atom is -0.465 e. The summed E-state index contributed by atoms with van der Waals surface area (Å²) >= 11 is 0. The fourth-order valence-electron chi connectivity index (χ4n) is 2.19. The minimum atomic E-state index is -0.283. The van der Waals surface area contributed by atoms with Gasteiger partial charge in [0.1, 0.15) is 5.56 Å². The second-order valence-electron chi connectivity index (χ2n) is 4.52. The van der Waals surface area contributed by atoms with Gasteiger partial charge in [0, 0.05) is 6.54 Å². The molecule has 0 spiro atoms. The number of methoxy groups -OCH3 is 1. The molecule has 88 valence electrons. The number of carbonyl (C=O) groups excluding carboxylic acids is 1. The highest BCUT2D eigenvalue weighted by Crippen LogP contribution is 2.28. The molecule has 0 radical (unpaired) electrons. The molecule has 1 aromatic heterocycles. The van der Waals surface area contributed by atoms with Crippen LogP contribution in [0.4, 0.5) is 0 Å². The standard InChI is InChI=1S/C12H18N2O2/c1-8-11(12(15)16-3)9(2)14(13-8)7-10-5-4-6-10/h10H,4-7H2,1-3H3. The Kier molecular flexibility index (Phi) is 2.99. The van der Waals surface area contributed by atoms with E-state index in [4.69, 9.17) is 4.74 Å². The number of aryl methyl sites for hydroxylation is 1. The second-order valence-corrected chi connectivity index (χ2v) is 4.52. The molecule has 1 aliphatic rings. The molecule has 0 aliphatic heterocycles. The molecule has 1 heterocycles. The monoisotopic (exact) mass is 222 g/mol. The van der Waals surface area contributed by atoms with Gasteiger partial charge in [-0.15, -0.1) is 0 Å². The van der Waals surface area contributed by atoms with Crippen LogP contribution in [0.2, 0.25) is 0 Å². The van der Waals surface area contributed by atoms with E-state index in [1.807, 2.05) is 18.5 Å². The molecule has 0 saturated heterocycles. The lowest BCUT2D eigenvalue weighted by Gasteiger charge is -2.25. The van der Waals surface area contributed by atoms with Crippen LogP contribution in [0, 0.1) is 19.8 Å². The van der Waals surface area contributed by atoms with Crippen LogP contribution in [0.25, 0.3) is 0 Å². The Morgan fingerprint density at radius 1 is 1.50 bits per heavy atom. The zero-order valence-electron chi connectivity index (χ0n) is 10.1. The normalized spacial score (nSPS) is 15.9. The lowest BCUT2D eigenvalue weighted by molar-refractivity contribution is 0.0599. The first kappa shape index (κ1) is 11.2. The van der Waals surface area contributed by atoms with Crippen molar-refractivity contribution in [2.75, 3.05) is 7.11 Å². The van der Waals surface area contributed by atoms with Crippen molar-refractivity contribution in [2.45, 2.75) is 39.7 Å². The van der Waals surface area contributed by atoms with Crippen LogP contribution in [0.1, 0.15) is 41.0 Å². The van der Waals surface area contributed by atoms with Crippen LogP contribution >= 0.6 is 0 Å². The summed E-state index contributed by atoms with van der Waals surface area (Å²) < 4.78 is 6.71. The maximum atomic E-state index is 11.6. The van der Waals surface area contributed by atoms with E-state index in [1.165, 1.54) is 26.4 Å². The quantitative estimate of drug-likeness (QED) is 0.735. The van der Waals surface area contributed by atoms with Gasteiger partial charge < -0.3 is 4.74 Å². The van der Waals surface area contributed by atoms with Crippen molar-refractivity contribution in [3.8, 4) is 0 Å². The lowest BCUT2D eigenvalue weighted by Crippen LogP contribution is -2.19. The highest BCUT2D eigenvalue weighted by atomic mass is 16.5. The molecular formula is C12H18N2O2. The van der Waals surface area contributed by atoms with Gasteiger partial charge in [-0.25, -0.2) is 4.79 Å². The molecule has 0 N–H and O–H groups in total. The molecule has 4 nitrogen and oxygen atoms in total. The Balaban J connectivity index is 2.23. The number of rotatable bonds is 3. The second kappa shape index (κ2) is 4.28. The first-order chi connectivity index (χ1) is 7.63. The molecule has 1 fully saturated rings. The molecule has 0 aromatic carbocycles. The fraction of sp³-hybridized carbons (Fsp3) is 0.667. The number of nitrogens with zero attached hydrogens (tertiary/aromatic N) is 2. The van der Waals surface area contributed by atoms with Crippen LogP contribution in [-0.2, 0) is 11.3 Å². The van der Waals surface area contributed by atoms with Gasteiger partial charge in [-0.3, -0.25) is 4.68 Å². The van der Waals surface area contributed by atoms with Crippen molar-refractivity contribution in [3.63, 3.8) is 0 Å². The molecule has 0 atom stereocenters. The Labute approximate surface area is 95.6 Å². The summed E-state index contributed by atoms with van der Waals surface area (Å²) in [6.07, 6.45) is 3.89. The average Bonchev–Trinajstić information content (AvgIpc) is 2.47. The van der Waals surface area contributed by atoms with Crippen molar-refractivity contribution in [1.82, 2.24) is 9.78 Å². The SMILES string of the molecule is COC(=O)c1c(C)nn(CC2CCC2)c1C. The summed E-state index contributed by atoms with van der Waals surface area (Å²) in [6.45, 7) is 4.73. The minimum absolute atomic E-state index is 0.283. The van der Waals surface area contributed by atoms with Crippen molar-refractivity contribution in [1.29, 1.82) is 0 Å². The first-order valence-electron chi connectivity index (χ1n) is 5.75. The van der Waals surface area contributed by atoms with E-state index in [1.54, 1.807) is 0 Å². The summed E-state index contributed by atoms with van der Waals surface area (Å²) in [5, 5.41) is 4.42. The predicted octanol–water partition coefficient (Wildman–Crippen LogP) is 2.09. The van der Waals surface area contributed by atoms with E-state index in [0.29, 0.717) is 5.56 Å². The van der Waals surface area contributed by atoms with Gasteiger partial charge in [0.15, 0.2) is 0 Å². The van der Waals surface area contributed by atoms with Crippen LogP contribution in [0.5, 0.6) is 0 Å². The van der Waals surface area contributed by atoms with E-state index < -0.39 is 0 Å². The average molecular weight is 222 g/mol. The van der Waals surface area contributed by atoms with Crippen LogP contribution < -0.4 is 0 Å². The third-order valence-corrected chi connectivity index (χ3v) is 3.43. The van der Waals surface area contributed by atoms with E-state index >= 15 is 0 Å². The molecule has 1 aromatic rings. The van der Waals surface area contributed by atoms with E-state index in [-0.39, 0.29) is 5.97 Å². The highest BCUT2D eigenvalue weighted by molar-refractivity contribution is 5.91. The molecule has 1 aliphatic carbocycles. The molecule has 2 rings (SSSR count). The number of carbonyl (C=O) groups is 1. The number of hydrogen-bond donors (Lipinski definition) is 0. The van der Waals surface area contributed by atoms with Crippen molar-refractivity contribution < 1.29 is 9.53 Å². The summed E-state index contributed by atoms with van der Waals surface area (Å²) in [6, 6.07) is 0. The van der Waals surface area contributed by atoms with E-state index in [9.17, 15) is 4.79 Å². The van der Waals surface area contributed by atoms with Crippen LogP contribution in [0.3, 0.4) is 0 Å². The zero-order valence-corrected chi connectivity index (χ0v) is 10.1. The number of aromatic nitrogens is 2. The molecule has 0 bridgehead atoms. The summed E-state index contributed by atoms with van der Waals surface area (Å²) in [4.78, 5) is 11.6. The molecule has 4 heteroatoms. The van der Waals surface area contributed by atoms with Crippen molar-refractivity contribution >= 4 is 5.97 Å². The Morgan fingerprint density at radius 2 is 2.19 bits per heavy atom. The van der Waals surface area contributed by atoms with Gasteiger partial charge in [-0.1, -0.05) is 6.42 Å².